The van der Waals surface area contributed by atoms with E-state index in [1.54, 1.807) is 25.1 Å². The predicted molar refractivity (Wildman–Crippen MR) is 103 cm³/mol. The zero-order valence-corrected chi connectivity index (χ0v) is 15.7. The van der Waals surface area contributed by atoms with E-state index in [0.29, 0.717) is 17.0 Å². The van der Waals surface area contributed by atoms with Crippen LogP contribution in [0.5, 0.6) is 0 Å². The van der Waals surface area contributed by atoms with Crippen molar-refractivity contribution in [2.45, 2.75) is 26.9 Å². The van der Waals surface area contributed by atoms with E-state index in [1.807, 2.05) is 44.2 Å². The van der Waals surface area contributed by atoms with Crippen LogP contribution in [0.3, 0.4) is 0 Å². The molecule has 0 saturated heterocycles. The summed E-state index contributed by atoms with van der Waals surface area (Å²) in [6.45, 7) is 5.48. The Bertz CT molecular complexity index is 1160. The van der Waals surface area contributed by atoms with E-state index < -0.39 is 12.1 Å². The second-order valence-corrected chi connectivity index (χ2v) is 6.46. The Morgan fingerprint density at radius 3 is 2.43 bits per heavy atom. The highest BCUT2D eigenvalue weighted by molar-refractivity contribution is 5.93. The molecule has 0 saturated carbocycles. The van der Waals surface area contributed by atoms with Crippen molar-refractivity contribution in [3.8, 4) is 11.5 Å². The van der Waals surface area contributed by atoms with Crippen LogP contribution in [0.1, 0.15) is 40.7 Å². The standard InChI is InChI=1S/C21H18N4O3/c1-12-13(2)23-18-11-16(9-10-17(18)22-12)21(26)27-14(3)19-24-25-20(28-19)15-7-5-4-6-8-15/h4-11,14H,1-3H3/t14-/m1/s1. The molecule has 1 atom stereocenters. The number of esters is 1. The third-order valence-corrected chi connectivity index (χ3v) is 4.40. The van der Waals surface area contributed by atoms with Crippen LogP contribution in [0.25, 0.3) is 22.5 Å². The molecule has 4 rings (SSSR count). The Balaban J connectivity index is 1.52. The molecule has 2 heterocycles. The molecule has 0 aliphatic carbocycles. The number of ether oxygens (including phenoxy) is 1. The van der Waals surface area contributed by atoms with E-state index in [9.17, 15) is 4.79 Å². The first-order valence-corrected chi connectivity index (χ1v) is 8.86. The zero-order chi connectivity index (χ0) is 19.7. The summed E-state index contributed by atoms with van der Waals surface area (Å²) in [5, 5.41) is 8.01. The lowest BCUT2D eigenvalue weighted by molar-refractivity contribution is 0.0280. The fourth-order valence-electron chi connectivity index (χ4n) is 2.73. The minimum absolute atomic E-state index is 0.235. The van der Waals surface area contributed by atoms with Crippen molar-refractivity contribution in [1.82, 2.24) is 20.2 Å². The second kappa shape index (κ2) is 7.19. The van der Waals surface area contributed by atoms with Crippen LogP contribution < -0.4 is 0 Å². The zero-order valence-electron chi connectivity index (χ0n) is 15.7. The molecule has 0 radical (unpaired) electrons. The van der Waals surface area contributed by atoms with Gasteiger partial charge in [0.1, 0.15) is 0 Å². The maximum Gasteiger partial charge on any atom is 0.338 e. The molecule has 0 unspecified atom stereocenters. The fraction of sp³-hybridized carbons (Fsp3) is 0.190. The molecule has 2 aromatic carbocycles. The highest BCUT2D eigenvalue weighted by Gasteiger charge is 2.20. The number of carbonyl (C=O) groups is 1. The lowest BCUT2D eigenvalue weighted by Gasteiger charge is -2.10. The molecule has 0 bridgehead atoms. The van der Waals surface area contributed by atoms with Gasteiger partial charge in [-0.1, -0.05) is 18.2 Å². The smallest absolute Gasteiger partial charge is 0.338 e. The maximum atomic E-state index is 12.5. The van der Waals surface area contributed by atoms with Crippen molar-refractivity contribution >= 4 is 17.0 Å². The van der Waals surface area contributed by atoms with Crippen molar-refractivity contribution in [3.05, 3.63) is 71.4 Å². The first-order chi connectivity index (χ1) is 13.5. The first-order valence-electron chi connectivity index (χ1n) is 8.86. The van der Waals surface area contributed by atoms with Crippen LogP contribution in [0, 0.1) is 13.8 Å². The van der Waals surface area contributed by atoms with E-state index in [0.717, 1.165) is 22.5 Å². The number of fused-ring (bicyclic) bond motifs is 1. The minimum Gasteiger partial charge on any atom is -0.449 e. The molecule has 0 aliphatic heterocycles. The highest BCUT2D eigenvalue weighted by Crippen LogP contribution is 2.23. The summed E-state index contributed by atoms with van der Waals surface area (Å²) in [6.07, 6.45) is -0.681. The van der Waals surface area contributed by atoms with E-state index in [-0.39, 0.29) is 5.89 Å². The monoisotopic (exact) mass is 374 g/mol. The largest absolute Gasteiger partial charge is 0.449 e. The van der Waals surface area contributed by atoms with Gasteiger partial charge in [-0.2, -0.15) is 0 Å². The Hall–Kier alpha value is -3.61. The molecular formula is C21H18N4O3. The van der Waals surface area contributed by atoms with Gasteiger partial charge < -0.3 is 9.15 Å². The van der Waals surface area contributed by atoms with Crippen LogP contribution in [-0.2, 0) is 4.74 Å². The van der Waals surface area contributed by atoms with Gasteiger partial charge in [0.05, 0.1) is 28.0 Å². The van der Waals surface area contributed by atoms with Crippen LogP contribution in [0.4, 0.5) is 0 Å². The number of nitrogens with zero attached hydrogens (tertiary/aromatic N) is 4. The molecule has 7 heteroatoms. The molecule has 4 aromatic rings. The molecule has 140 valence electrons. The molecule has 2 aromatic heterocycles. The fourth-order valence-corrected chi connectivity index (χ4v) is 2.73. The van der Waals surface area contributed by atoms with Gasteiger partial charge in [0.2, 0.25) is 5.89 Å². The summed E-state index contributed by atoms with van der Waals surface area (Å²) in [7, 11) is 0. The summed E-state index contributed by atoms with van der Waals surface area (Å²) in [5.74, 6) is 0.124. The Kier molecular flexibility index (Phi) is 4.57. The Labute approximate surface area is 161 Å². The van der Waals surface area contributed by atoms with E-state index >= 15 is 0 Å². The molecule has 0 N–H and O–H groups in total. The van der Waals surface area contributed by atoms with Gasteiger partial charge in [-0.25, -0.2) is 14.8 Å². The lowest BCUT2D eigenvalue weighted by atomic mass is 10.2. The Morgan fingerprint density at radius 1 is 0.964 bits per heavy atom. The first kappa shape index (κ1) is 17.8. The lowest BCUT2D eigenvalue weighted by Crippen LogP contribution is -2.10. The number of aryl methyl sites for hydroxylation is 2. The van der Waals surface area contributed by atoms with Crippen LogP contribution >= 0.6 is 0 Å². The van der Waals surface area contributed by atoms with E-state index in [4.69, 9.17) is 9.15 Å². The molecule has 0 aliphatic rings. The summed E-state index contributed by atoms with van der Waals surface area (Å²) in [5.41, 5.74) is 4.26. The highest BCUT2D eigenvalue weighted by atomic mass is 16.6. The third kappa shape index (κ3) is 3.46. The van der Waals surface area contributed by atoms with E-state index in [2.05, 4.69) is 20.2 Å². The third-order valence-electron chi connectivity index (χ3n) is 4.40. The number of hydrogen-bond donors (Lipinski definition) is 0. The van der Waals surface area contributed by atoms with Gasteiger partial charge in [0, 0.05) is 5.56 Å². The van der Waals surface area contributed by atoms with Crippen LogP contribution in [-0.4, -0.2) is 26.1 Å². The average Bonchev–Trinajstić information content (AvgIpc) is 3.19. The molecule has 0 spiro atoms. The van der Waals surface area contributed by atoms with Gasteiger partial charge in [0.25, 0.3) is 5.89 Å². The normalized spacial score (nSPS) is 12.1. The minimum atomic E-state index is -0.681. The Morgan fingerprint density at radius 2 is 1.68 bits per heavy atom. The summed E-state index contributed by atoms with van der Waals surface area (Å²) in [6, 6.07) is 14.5. The van der Waals surface area contributed by atoms with Crippen LogP contribution in [0.2, 0.25) is 0 Å². The summed E-state index contributed by atoms with van der Waals surface area (Å²) >= 11 is 0. The number of benzene rings is 2. The van der Waals surface area contributed by atoms with Crippen molar-refractivity contribution in [1.29, 1.82) is 0 Å². The van der Waals surface area contributed by atoms with Crippen molar-refractivity contribution in [2.24, 2.45) is 0 Å². The van der Waals surface area contributed by atoms with Gasteiger partial charge in [-0.05, 0) is 51.1 Å². The quantitative estimate of drug-likeness (QED) is 0.494. The van der Waals surface area contributed by atoms with Crippen molar-refractivity contribution < 1.29 is 13.9 Å². The molecule has 0 fully saturated rings. The number of hydrogen-bond acceptors (Lipinski definition) is 7. The SMILES string of the molecule is Cc1nc2ccc(C(=O)O[C@H](C)c3nnc(-c4ccccc4)o3)cc2nc1C. The van der Waals surface area contributed by atoms with Crippen molar-refractivity contribution in [3.63, 3.8) is 0 Å². The number of aromatic nitrogens is 4. The predicted octanol–water partition coefficient (Wildman–Crippen LogP) is 4.21. The van der Waals surface area contributed by atoms with E-state index in [1.165, 1.54) is 0 Å². The van der Waals surface area contributed by atoms with Gasteiger partial charge in [0.15, 0.2) is 6.10 Å². The molecular weight excluding hydrogens is 356 g/mol. The average molecular weight is 374 g/mol. The summed E-state index contributed by atoms with van der Waals surface area (Å²) < 4.78 is 11.1. The second-order valence-electron chi connectivity index (χ2n) is 6.46. The molecule has 0 amide bonds. The molecule has 28 heavy (non-hydrogen) atoms. The van der Waals surface area contributed by atoms with Crippen molar-refractivity contribution in [2.75, 3.05) is 0 Å². The number of rotatable bonds is 4. The van der Waals surface area contributed by atoms with Crippen LogP contribution in [0.15, 0.2) is 52.9 Å². The van der Waals surface area contributed by atoms with Gasteiger partial charge in [-0.3, -0.25) is 0 Å². The maximum absolute atomic E-state index is 12.5. The topological polar surface area (TPSA) is 91.0 Å². The van der Waals surface area contributed by atoms with Gasteiger partial charge >= 0.3 is 5.97 Å². The molecule has 7 nitrogen and oxygen atoms in total. The number of carbonyl (C=O) groups excluding carboxylic acids is 1. The summed E-state index contributed by atoms with van der Waals surface area (Å²) in [4.78, 5) is 21.5. The van der Waals surface area contributed by atoms with Gasteiger partial charge in [-0.15, -0.1) is 10.2 Å².